The second-order valence-electron chi connectivity index (χ2n) is 4.97. The third-order valence-electron chi connectivity index (χ3n) is 2.80. The van der Waals surface area contributed by atoms with Crippen LogP contribution < -0.4 is 9.47 Å². The topological polar surface area (TPSA) is 38.7 Å². The van der Waals surface area contributed by atoms with Crippen LogP contribution in [0.2, 0.25) is 0 Å². The lowest BCUT2D eigenvalue weighted by molar-refractivity contribution is 0.0739. The lowest BCUT2D eigenvalue weighted by atomic mass is 9.86. The Bertz CT molecular complexity index is 389. The summed E-state index contributed by atoms with van der Waals surface area (Å²) >= 11 is 0. The van der Waals surface area contributed by atoms with Crippen molar-refractivity contribution in [3.63, 3.8) is 0 Å². The fourth-order valence-electron chi connectivity index (χ4n) is 2.13. The van der Waals surface area contributed by atoms with Crippen molar-refractivity contribution in [2.24, 2.45) is 0 Å². The Morgan fingerprint density at radius 1 is 1.06 bits per heavy atom. The van der Waals surface area contributed by atoms with E-state index in [1.807, 2.05) is 12.1 Å². The standard InChI is InChI=1S/C14H22O3/c1-9(2)12-10(16-5)7-8-11(17-6)13(12)14(3,4)15/h7-9,15H,1-6H3. The van der Waals surface area contributed by atoms with Gasteiger partial charge in [-0.1, -0.05) is 13.8 Å². The molecule has 0 heterocycles. The molecule has 1 rings (SSSR count). The van der Waals surface area contributed by atoms with Crippen LogP contribution in [-0.4, -0.2) is 19.3 Å². The zero-order valence-corrected chi connectivity index (χ0v) is 11.5. The van der Waals surface area contributed by atoms with Crippen molar-refractivity contribution >= 4 is 0 Å². The second-order valence-corrected chi connectivity index (χ2v) is 4.97. The number of aliphatic hydroxyl groups is 1. The van der Waals surface area contributed by atoms with E-state index in [0.29, 0.717) is 5.75 Å². The highest BCUT2D eigenvalue weighted by atomic mass is 16.5. The van der Waals surface area contributed by atoms with Crippen LogP contribution in [0, 0.1) is 0 Å². The van der Waals surface area contributed by atoms with Crippen LogP contribution in [0.5, 0.6) is 11.5 Å². The molecule has 1 N–H and O–H groups in total. The van der Waals surface area contributed by atoms with E-state index in [2.05, 4.69) is 13.8 Å². The minimum absolute atomic E-state index is 0.251. The van der Waals surface area contributed by atoms with Gasteiger partial charge in [0.05, 0.1) is 19.8 Å². The third kappa shape index (κ3) is 2.72. The summed E-state index contributed by atoms with van der Waals surface area (Å²) in [6, 6.07) is 3.71. The van der Waals surface area contributed by atoms with Gasteiger partial charge in [-0.15, -0.1) is 0 Å². The van der Waals surface area contributed by atoms with Crippen LogP contribution >= 0.6 is 0 Å². The van der Waals surface area contributed by atoms with Crippen molar-refractivity contribution in [1.29, 1.82) is 0 Å². The molecule has 0 spiro atoms. The molecule has 96 valence electrons. The summed E-state index contributed by atoms with van der Waals surface area (Å²) in [5.41, 5.74) is 0.841. The van der Waals surface area contributed by atoms with E-state index >= 15 is 0 Å². The molecule has 3 heteroatoms. The Kier molecular flexibility index (Phi) is 4.04. The quantitative estimate of drug-likeness (QED) is 0.876. The van der Waals surface area contributed by atoms with Crippen molar-refractivity contribution in [2.45, 2.75) is 39.2 Å². The minimum Gasteiger partial charge on any atom is -0.496 e. The van der Waals surface area contributed by atoms with E-state index in [1.54, 1.807) is 28.1 Å². The maximum absolute atomic E-state index is 10.3. The first kappa shape index (κ1) is 13.8. The molecule has 0 aliphatic heterocycles. The average molecular weight is 238 g/mol. The zero-order valence-electron chi connectivity index (χ0n) is 11.5. The van der Waals surface area contributed by atoms with E-state index < -0.39 is 5.60 Å². The molecule has 0 aromatic heterocycles. The van der Waals surface area contributed by atoms with Gasteiger partial charge in [0.15, 0.2) is 0 Å². The molecule has 3 nitrogen and oxygen atoms in total. The van der Waals surface area contributed by atoms with Gasteiger partial charge in [-0.25, -0.2) is 0 Å². The third-order valence-corrected chi connectivity index (χ3v) is 2.80. The number of hydrogen-bond donors (Lipinski definition) is 1. The zero-order chi connectivity index (χ0) is 13.2. The van der Waals surface area contributed by atoms with Gasteiger partial charge in [0.25, 0.3) is 0 Å². The highest BCUT2D eigenvalue weighted by molar-refractivity contribution is 5.52. The molecule has 0 bridgehead atoms. The van der Waals surface area contributed by atoms with Crippen LogP contribution in [0.25, 0.3) is 0 Å². The Labute approximate surface area is 103 Å². The Hall–Kier alpha value is -1.22. The molecule has 17 heavy (non-hydrogen) atoms. The van der Waals surface area contributed by atoms with Crippen molar-refractivity contribution in [1.82, 2.24) is 0 Å². The van der Waals surface area contributed by atoms with Crippen LogP contribution in [0.15, 0.2) is 12.1 Å². The van der Waals surface area contributed by atoms with Gasteiger partial charge >= 0.3 is 0 Å². The SMILES string of the molecule is COc1ccc(OC)c(C(C)(C)O)c1C(C)C. The van der Waals surface area contributed by atoms with Gasteiger partial charge in [-0.2, -0.15) is 0 Å². The maximum atomic E-state index is 10.3. The molecule has 1 aromatic carbocycles. The van der Waals surface area contributed by atoms with Crippen molar-refractivity contribution < 1.29 is 14.6 Å². The number of ether oxygens (including phenoxy) is 2. The molecule has 0 amide bonds. The maximum Gasteiger partial charge on any atom is 0.125 e. The fraction of sp³-hybridized carbons (Fsp3) is 0.571. The number of rotatable bonds is 4. The molecule has 1 aromatic rings. The van der Waals surface area contributed by atoms with Crippen LogP contribution in [-0.2, 0) is 5.60 Å². The van der Waals surface area contributed by atoms with Gasteiger partial charge in [-0.3, -0.25) is 0 Å². The van der Waals surface area contributed by atoms with Crippen molar-refractivity contribution in [3.8, 4) is 11.5 Å². The second kappa shape index (κ2) is 4.96. The highest BCUT2D eigenvalue weighted by Gasteiger charge is 2.28. The summed E-state index contributed by atoms with van der Waals surface area (Å²) < 4.78 is 10.7. The van der Waals surface area contributed by atoms with E-state index in [0.717, 1.165) is 16.9 Å². The largest absolute Gasteiger partial charge is 0.496 e. The Morgan fingerprint density at radius 2 is 1.53 bits per heavy atom. The van der Waals surface area contributed by atoms with E-state index in [9.17, 15) is 5.11 Å². The number of hydrogen-bond acceptors (Lipinski definition) is 3. The minimum atomic E-state index is -0.959. The van der Waals surface area contributed by atoms with Gasteiger partial charge in [-0.05, 0) is 31.9 Å². The molecular formula is C14H22O3. The normalized spacial score (nSPS) is 11.8. The van der Waals surface area contributed by atoms with Crippen LogP contribution in [0.1, 0.15) is 44.7 Å². The van der Waals surface area contributed by atoms with Gasteiger partial charge in [0, 0.05) is 11.1 Å². The number of methoxy groups -OCH3 is 2. The summed E-state index contributed by atoms with van der Waals surface area (Å²) in [6.07, 6.45) is 0. The smallest absolute Gasteiger partial charge is 0.125 e. The first-order valence-electron chi connectivity index (χ1n) is 5.80. The van der Waals surface area contributed by atoms with Gasteiger partial charge in [0.1, 0.15) is 11.5 Å². The lowest BCUT2D eigenvalue weighted by Gasteiger charge is -2.27. The Morgan fingerprint density at radius 3 is 1.88 bits per heavy atom. The van der Waals surface area contributed by atoms with Crippen molar-refractivity contribution in [3.05, 3.63) is 23.3 Å². The van der Waals surface area contributed by atoms with Crippen molar-refractivity contribution in [2.75, 3.05) is 14.2 Å². The molecule has 0 radical (unpaired) electrons. The molecule has 0 unspecified atom stereocenters. The average Bonchev–Trinajstić information content (AvgIpc) is 2.25. The summed E-state index contributed by atoms with van der Waals surface area (Å²) in [5, 5.41) is 10.3. The monoisotopic (exact) mass is 238 g/mol. The Balaban J connectivity index is 3.59. The summed E-state index contributed by atoms with van der Waals surface area (Å²) in [6.45, 7) is 7.67. The molecule has 0 aliphatic rings. The van der Waals surface area contributed by atoms with E-state index in [1.165, 1.54) is 0 Å². The van der Waals surface area contributed by atoms with Crippen LogP contribution in [0.4, 0.5) is 0 Å². The van der Waals surface area contributed by atoms with E-state index in [-0.39, 0.29) is 5.92 Å². The first-order chi connectivity index (χ1) is 7.82. The first-order valence-corrected chi connectivity index (χ1v) is 5.80. The summed E-state index contributed by atoms with van der Waals surface area (Å²) in [5.74, 6) is 1.74. The van der Waals surface area contributed by atoms with Gasteiger partial charge in [0.2, 0.25) is 0 Å². The summed E-state index contributed by atoms with van der Waals surface area (Å²) in [7, 11) is 3.25. The predicted molar refractivity (Wildman–Crippen MR) is 68.9 cm³/mol. The summed E-state index contributed by atoms with van der Waals surface area (Å²) in [4.78, 5) is 0. The van der Waals surface area contributed by atoms with E-state index in [4.69, 9.17) is 9.47 Å². The molecule has 0 saturated carbocycles. The molecular weight excluding hydrogens is 216 g/mol. The van der Waals surface area contributed by atoms with Gasteiger partial charge < -0.3 is 14.6 Å². The molecule has 0 fully saturated rings. The molecule has 0 saturated heterocycles. The number of benzene rings is 1. The lowest BCUT2D eigenvalue weighted by Crippen LogP contribution is -2.20. The van der Waals surface area contributed by atoms with Crippen LogP contribution in [0.3, 0.4) is 0 Å². The molecule has 0 aliphatic carbocycles. The highest BCUT2D eigenvalue weighted by Crippen LogP contribution is 2.41. The fourth-order valence-corrected chi connectivity index (χ4v) is 2.13. The molecule has 0 atom stereocenters. The predicted octanol–water partition coefficient (Wildman–Crippen LogP) is 3.05.